The van der Waals surface area contributed by atoms with Crippen LogP contribution in [0.2, 0.25) is 0 Å². The molecule has 0 aliphatic heterocycles. The van der Waals surface area contributed by atoms with Crippen molar-refractivity contribution in [2.75, 3.05) is 32.7 Å². The largest absolute Gasteiger partial charge is 0.382 e. The zero-order chi connectivity index (χ0) is 13.5. The van der Waals surface area contributed by atoms with Crippen molar-refractivity contribution in [2.24, 2.45) is 0 Å². The third-order valence-electron chi connectivity index (χ3n) is 2.36. The van der Waals surface area contributed by atoms with E-state index < -0.39 is 11.6 Å². The van der Waals surface area contributed by atoms with Gasteiger partial charge in [0.15, 0.2) is 11.6 Å². The van der Waals surface area contributed by atoms with Gasteiger partial charge in [-0.25, -0.2) is 8.78 Å². The first kappa shape index (κ1) is 14.4. The molecule has 4 nitrogen and oxygen atoms in total. The van der Waals surface area contributed by atoms with E-state index in [2.05, 4.69) is 5.32 Å². The standard InChI is InChI=1S/C12H14F2N2O2/c1-17-7-9(18-2)6-16-12-10(13)3-8(5-15)4-11(12)14/h3-4,9,16H,6-7H2,1-2H3. The van der Waals surface area contributed by atoms with Gasteiger partial charge >= 0.3 is 0 Å². The molecule has 0 aliphatic carbocycles. The van der Waals surface area contributed by atoms with Crippen molar-refractivity contribution >= 4 is 5.69 Å². The van der Waals surface area contributed by atoms with Crippen LogP contribution in [-0.4, -0.2) is 33.5 Å². The van der Waals surface area contributed by atoms with Gasteiger partial charge in [0.25, 0.3) is 0 Å². The van der Waals surface area contributed by atoms with Gasteiger partial charge in [-0.15, -0.1) is 0 Å². The van der Waals surface area contributed by atoms with E-state index in [1.807, 2.05) is 0 Å². The molecule has 1 aromatic rings. The lowest BCUT2D eigenvalue weighted by atomic mass is 10.2. The fourth-order valence-corrected chi connectivity index (χ4v) is 1.42. The molecule has 0 saturated carbocycles. The van der Waals surface area contributed by atoms with E-state index in [-0.39, 0.29) is 23.9 Å². The molecule has 1 N–H and O–H groups in total. The molecule has 6 heteroatoms. The Morgan fingerprint density at radius 3 is 2.39 bits per heavy atom. The van der Waals surface area contributed by atoms with Gasteiger partial charge in [0.05, 0.1) is 24.3 Å². The Hall–Kier alpha value is -1.71. The van der Waals surface area contributed by atoms with E-state index in [9.17, 15) is 8.78 Å². The van der Waals surface area contributed by atoms with Crippen molar-refractivity contribution in [3.05, 3.63) is 29.3 Å². The van der Waals surface area contributed by atoms with E-state index >= 15 is 0 Å². The zero-order valence-electron chi connectivity index (χ0n) is 10.2. The van der Waals surface area contributed by atoms with Gasteiger partial charge in [0, 0.05) is 20.8 Å². The Kier molecular flexibility index (Phi) is 5.49. The number of hydrogen-bond acceptors (Lipinski definition) is 4. The zero-order valence-corrected chi connectivity index (χ0v) is 10.2. The highest BCUT2D eigenvalue weighted by Crippen LogP contribution is 2.20. The Morgan fingerprint density at radius 1 is 1.33 bits per heavy atom. The molecule has 18 heavy (non-hydrogen) atoms. The summed E-state index contributed by atoms with van der Waals surface area (Å²) in [6.07, 6.45) is -0.315. The molecule has 1 aromatic carbocycles. The van der Waals surface area contributed by atoms with Crippen LogP contribution in [0.3, 0.4) is 0 Å². The summed E-state index contributed by atoms with van der Waals surface area (Å²) in [7, 11) is 2.99. The van der Waals surface area contributed by atoms with E-state index in [1.54, 1.807) is 6.07 Å². The minimum absolute atomic E-state index is 0.0595. The lowest BCUT2D eigenvalue weighted by Gasteiger charge is -2.16. The van der Waals surface area contributed by atoms with Crippen LogP contribution in [0, 0.1) is 23.0 Å². The third kappa shape index (κ3) is 3.65. The summed E-state index contributed by atoms with van der Waals surface area (Å²) in [5.74, 6) is -1.61. The summed E-state index contributed by atoms with van der Waals surface area (Å²) < 4.78 is 37.0. The summed E-state index contributed by atoms with van der Waals surface area (Å²) in [5, 5.41) is 11.2. The lowest BCUT2D eigenvalue weighted by Crippen LogP contribution is -2.27. The smallest absolute Gasteiger partial charge is 0.150 e. The fourth-order valence-electron chi connectivity index (χ4n) is 1.42. The molecular weight excluding hydrogens is 242 g/mol. The highest BCUT2D eigenvalue weighted by Gasteiger charge is 2.13. The number of rotatable bonds is 6. The highest BCUT2D eigenvalue weighted by atomic mass is 19.1. The molecule has 0 fully saturated rings. The van der Waals surface area contributed by atoms with Crippen LogP contribution in [0.25, 0.3) is 0 Å². The summed E-state index contributed by atoms with van der Waals surface area (Å²) in [5.41, 5.74) is -0.331. The van der Waals surface area contributed by atoms with Gasteiger partial charge in [0.2, 0.25) is 0 Å². The number of ether oxygens (including phenoxy) is 2. The van der Waals surface area contributed by atoms with Gasteiger partial charge in [-0.1, -0.05) is 0 Å². The van der Waals surface area contributed by atoms with E-state index in [4.69, 9.17) is 14.7 Å². The minimum atomic E-state index is -0.807. The summed E-state index contributed by atoms with van der Waals surface area (Å²) >= 11 is 0. The van der Waals surface area contributed by atoms with Crippen LogP contribution in [-0.2, 0) is 9.47 Å². The number of nitrogens with one attached hydrogen (secondary N) is 1. The minimum Gasteiger partial charge on any atom is -0.382 e. The summed E-state index contributed by atoms with van der Waals surface area (Å²) in [6.45, 7) is 0.507. The molecule has 1 atom stereocenters. The van der Waals surface area contributed by atoms with E-state index in [1.165, 1.54) is 14.2 Å². The number of halogens is 2. The van der Waals surface area contributed by atoms with E-state index in [0.717, 1.165) is 12.1 Å². The first-order valence-electron chi connectivity index (χ1n) is 5.27. The van der Waals surface area contributed by atoms with Gasteiger partial charge in [-0.2, -0.15) is 5.26 Å². The Labute approximate surface area is 104 Å². The first-order valence-corrected chi connectivity index (χ1v) is 5.27. The maximum atomic E-state index is 13.5. The number of nitrogens with zero attached hydrogens (tertiary/aromatic N) is 1. The predicted molar refractivity (Wildman–Crippen MR) is 62.2 cm³/mol. The maximum Gasteiger partial charge on any atom is 0.150 e. The molecule has 1 rings (SSSR count). The monoisotopic (exact) mass is 256 g/mol. The van der Waals surface area contributed by atoms with Crippen LogP contribution in [0.5, 0.6) is 0 Å². The van der Waals surface area contributed by atoms with Crippen LogP contribution < -0.4 is 5.32 Å². The Bertz CT molecular complexity index is 423. The molecule has 0 radical (unpaired) electrons. The second-order valence-electron chi connectivity index (χ2n) is 3.62. The van der Waals surface area contributed by atoms with Crippen molar-refractivity contribution in [2.45, 2.75) is 6.10 Å². The number of hydrogen-bond donors (Lipinski definition) is 1. The molecule has 98 valence electrons. The van der Waals surface area contributed by atoms with Crippen molar-refractivity contribution in [1.82, 2.24) is 0 Å². The van der Waals surface area contributed by atoms with Crippen LogP contribution in [0.1, 0.15) is 5.56 Å². The number of anilines is 1. The molecule has 1 unspecified atom stereocenters. The van der Waals surface area contributed by atoms with E-state index in [0.29, 0.717) is 6.61 Å². The number of benzene rings is 1. The summed E-state index contributed by atoms with van der Waals surface area (Å²) in [4.78, 5) is 0. The van der Waals surface area contributed by atoms with Crippen molar-refractivity contribution < 1.29 is 18.3 Å². The number of methoxy groups -OCH3 is 2. The first-order chi connectivity index (χ1) is 8.62. The summed E-state index contributed by atoms with van der Waals surface area (Å²) in [6, 6.07) is 3.63. The third-order valence-corrected chi connectivity index (χ3v) is 2.36. The second kappa shape index (κ2) is 6.89. The van der Waals surface area contributed by atoms with Crippen LogP contribution in [0.4, 0.5) is 14.5 Å². The lowest BCUT2D eigenvalue weighted by molar-refractivity contribution is 0.0365. The molecule has 0 spiro atoms. The predicted octanol–water partition coefficient (Wildman–Crippen LogP) is 1.91. The molecule has 0 aromatic heterocycles. The van der Waals surface area contributed by atoms with Crippen molar-refractivity contribution in [3.8, 4) is 6.07 Å². The molecule has 0 aliphatic rings. The van der Waals surface area contributed by atoms with Gasteiger partial charge in [-0.3, -0.25) is 0 Å². The normalized spacial score (nSPS) is 11.9. The van der Waals surface area contributed by atoms with Gasteiger partial charge in [0.1, 0.15) is 5.69 Å². The molecule has 0 amide bonds. The van der Waals surface area contributed by atoms with Crippen molar-refractivity contribution in [3.63, 3.8) is 0 Å². The Balaban J connectivity index is 2.76. The molecule has 0 heterocycles. The SMILES string of the molecule is COCC(CNc1c(F)cc(C#N)cc1F)OC. The van der Waals surface area contributed by atoms with Crippen molar-refractivity contribution in [1.29, 1.82) is 5.26 Å². The second-order valence-corrected chi connectivity index (χ2v) is 3.62. The molecule has 0 bridgehead atoms. The maximum absolute atomic E-state index is 13.5. The van der Waals surface area contributed by atoms with Crippen LogP contribution >= 0.6 is 0 Å². The quantitative estimate of drug-likeness (QED) is 0.844. The topological polar surface area (TPSA) is 54.3 Å². The van der Waals surface area contributed by atoms with Gasteiger partial charge in [-0.05, 0) is 12.1 Å². The fraction of sp³-hybridized carbons (Fsp3) is 0.417. The number of nitriles is 1. The van der Waals surface area contributed by atoms with Gasteiger partial charge < -0.3 is 14.8 Å². The average molecular weight is 256 g/mol. The molecular formula is C12H14F2N2O2. The Morgan fingerprint density at radius 2 is 1.94 bits per heavy atom. The average Bonchev–Trinajstić information content (AvgIpc) is 2.36. The molecule has 0 saturated heterocycles. The highest BCUT2D eigenvalue weighted by molar-refractivity contribution is 5.50. The van der Waals surface area contributed by atoms with Crippen LogP contribution in [0.15, 0.2) is 12.1 Å².